The lowest BCUT2D eigenvalue weighted by Gasteiger charge is -2.34. The lowest BCUT2D eigenvalue weighted by Crippen LogP contribution is -2.52. The van der Waals surface area contributed by atoms with Crippen molar-refractivity contribution in [1.82, 2.24) is 15.1 Å². The van der Waals surface area contributed by atoms with Gasteiger partial charge in [-0.3, -0.25) is 19.8 Å². The second-order valence-corrected chi connectivity index (χ2v) is 7.86. The normalized spacial score (nSPS) is 14.6. The largest absolute Gasteiger partial charge is 0.417 e. The van der Waals surface area contributed by atoms with Crippen LogP contribution < -0.4 is 10.6 Å². The Morgan fingerprint density at radius 2 is 1.61 bits per heavy atom. The van der Waals surface area contributed by atoms with Gasteiger partial charge in [0.25, 0.3) is 5.91 Å². The van der Waals surface area contributed by atoms with Gasteiger partial charge in [-0.05, 0) is 43.2 Å². The van der Waals surface area contributed by atoms with E-state index in [1.807, 2.05) is 19.9 Å². The highest BCUT2D eigenvalue weighted by atomic mass is 19.4. The first-order chi connectivity index (χ1) is 15.6. The van der Waals surface area contributed by atoms with Crippen LogP contribution in [0.5, 0.6) is 0 Å². The molecule has 2 N–H and O–H groups in total. The molecule has 0 aliphatic carbocycles. The molecule has 33 heavy (non-hydrogen) atoms. The first-order valence-corrected chi connectivity index (χ1v) is 10.4. The predicted octanol–water partition coefficient (Wildman–Crippen LogP) is 3.43. The number of hydrogen-bond acceptors (Lipinski definition) is 4. The Kier molecular flexibility index (Phi) is 7.37. The fraction of sp³-hybridized carbons (Fsp3) is 0.348. The fourth-order valence-corrected chi connectivity index (χ4v) is 3.61. The minimum absolute atomic E-state index is 0.0681. The zero-order valence-electron chi connectivity index (χ0n) is 18.3. The van der Waals surface area contributed by atoms with E-state index in [-0.39, 0.29) is 25.2 Å². The second-order valence-electron chi connectivity index (χ2n) is 7.86. The summed E-state index contributed by atoms with van der Waals surface area (Å²) in [6.45, 7) is 4.65. The van der Waals surface area contributed by atoms with E-state index < -0.39 is 29.6 Å². The molecule has 0 unspecified atom stereocenters. The Bertz CT molecular complexity index is 1050. The molecule has 1 heterocycles. The minimum atomic E-state index is -4.62. The zero-order valence-corrected chi connectivity index (χ0v) is 18.3. The summed E-state index contributed by atoms with van der Waals surface area (Å²) in [5.74, 6) is -1.21. The number of piperazine rings is 1. The van der Waals surface area contributed by atoms with Crippen LogP contribution in [0.3, 0.4) is 0 Å². The summed E-state index contributed by atoms with van der Waals surface area (Å²) >= 11 is 0. The number of carbonyl (C=O) groups is 3. The van der Waals surface area contributed by atoms with Crippen molar-refractivity contribution < 1.29 is 27.6 Å². The maximum Gasteiger partial charge on any atom is 0.417 e. The van der Waals surface area contributed by atoms with Gasteiger partial charge in [-0.2, -0.15) is 13.2 Å². The third-order valence-corrected chi connectivity index (χ3v) is 5.60. The van der Waals surface area contributed by atoms with Crippen molar-refractivity contribution in [1.29, 1.82) is 0 Å². The first-order valence-electron chi connectivity index (χ1n) is 10.4. The average Bonchev–Trinajstić information content (AvgIpc) is 2.76. The third kappa shape index (κ3) is 6.10. The number of imide groups is 1. The van der Waals surface area contributed by atoms with E-state index in [1.54, 1.807) is 17.0 Å². The molecule has 3 rings (SSSR count). The van der Waals surface area contributed by atoms with Crippen molar-refractivity contribution in [2.45, 2.75) is 20.0 Å². The molecular formula is C23H25F3N4O3. The van der Waals surface area contributed by atoms with Gasteiger partial charge in [0, 0.05) is 31.9 Å². The Morgan fingerprint density at radius 1 is 0.939 bits per heavy atom. The van der Waals surface area contributed by atoms with Crippen molar-refractivity contribution in [2.75, 3.05) is 38.0 Å². The number of halogens is 3. The molecule has 7 nitrogen and oxygen atoms in total. The molecule has 176 valence electrons. The molecule has 1 aliphatic rings. The Balaban J connectivity index is 1.50. The quantitative estimate of drug-likeness (QED) is 0.730. The van der Waals surface area contributed by atoms with Crippen LogP contribution in [-0.4, -0.2) is 60.4 Å². The first kappa shape index (κ1) is 24.2. The van der Waals surface area contributed by atoms with Crippen molar-refractivity contribution in [3.05, 3.63) is 64.7 Å². The number of urea groups is 1. The van der Waals surface area contributed by atoms with Gasteiger partial charge in [0.05, 0.1) is 17.7 Å². The van der Waals surface area contributed by atoms with E-state index in [0.717, 1.165) is 17.2 Å². The molecule has 0 atom stereocenters. The van der Waals surface area contributed by atoms with E-state index in [2.05, 4.69) is 10.6 Å². The van der Waals surface area contributed by atoms with Gasteiger partial charge in [0.15, 0.2) is 0 Å². The van der Waals surface area contributed by atoms with Crippen LogP contribution in [-0.2, 0) is 11.0 Å². The molecule has 0 bridgehead atoms. The summed E-state index contributed by atoms with van der Waals surface area (Å²) in [6, 6.07) is 9.49. The molecule has 1 saturated heterocycles. The number of anilines is 1. The number of benzene rings is 2. The summed E-state index contributed by atoms with van der Waals surface area (Å²) < 4.78 is 39.6. The van der Waals surface area contributed by atoms with Crippen LogP contribution in [0.4, 0.5) is 23.7 Å². The van der Waals surface area contributed by atoms with Crippen LogP contribution in [0.2, 0.25) is 0 Å². The van der Waals surface area contributed by atoms with Crippen LogP contribution in [0.15, 0.2) is 42.5 Å². The number of nitrogens with one attached hydrogen (secondary N) is 2. The third-order valence-electron chi connectivity index (χ3n) is 5.60. The Morgan fingerprint density at radius 3 is 2.27 bits per heavy atom. The smallest absolute Gasteiger partial charge is 0.336 e. The molecule has 1 fully saturated rings. The van der Waals surface area contributed by atoms with Crippen molar-refractivity contribution in [3.8, 4) is 0 Å². The van der Waals surface area contributed by atoms with Gasteiger partial charge < -0.3 is 10.2 Å². The fourth-order valence-electron chi connectivity index (χ4n) is 3.61. The number of aryl methyl sites for hydroxylation is 1. The number of alkyl halides is 3. The van der Waals surface area contributed by atoms with E-state index in [1.165, 1.54) is 23.1 Å². The molecule has 1 aliphatic heterocycles. The van der Waals surface area contributed by atoms with Gasteiger partial charge in [-0.15, -0.1) is 0 Å². The lowest BCUT2D eigenvalue weighted by atomic mass is 10.1. The molecule has 2 aromatic carbocycles. The molecule has 0 radical (unpaired) electrons. The summed E-state index contributed by atoms with van der Waals surface area (Å²) in [7, 11) is 0. The van der Waals surface area contributed by atoms with Crippen LogP contribution in [0.25, 0.3) is 0 Å². The highest BCUT2D eigenvalue weighted by molar-refractivity contribution is 6.02. The molecular weight excluding hydrogens is 437 g/mol. The van der Waals surface area contributed by atoms with Gasteiger partial charge >= 0.3 is 12.2 Å². The summed E-state index contributed by atoms with van der Waals surface area (Å²) in [5, 5.41) is 4.91. The van der Waals surface area contributed by atoms with Crippen LogP contribution >= 0.6 is 0 Å². The van der Waals surface area contributed by atoms with E-state index in [4.69, 9.17) is 0 Å². The van der Waals surface area contributed by atoms with Crippen molar-refractivity contribution in [2.24, 2.45) is 0 Å². The van der Waals surface area contributed by atoms with E-state index in [0.29, 0.717) is 18.8 Å². The van der Waals surface area contributed by atoms with Gasteiger partial charge in [-0.25, -0.2) is 4.79 Å². The molecule has 0 spiro atoms. The topological polar surface area (TPSA) is 81.8 Å². The van der Waals surface area contributed by atoms with E-state index in [9.17, 15) is 27.6 Å². The summed E-state index contributed by atoms with van der Waals surface area (Å²) in [6.07, 6.45) is -4.62. The Labute approximate surface area is 189 Å². The summed E-state index contributed by atoms with van der Waals surface area (Å²) in [5.41, 5.74) is 1.15. The van der Waals surface area contributed by atoms with Gasteiger partial charge in [0.1, 0.15) is 0 Å². The molecule has 4 amide bonds. The molecule has 0 saturated carbocycles. The van der Waals surface area contributed by atoms with Gasteiger partial charge in [-0.1, -0.05) is 24.3 Å². The standard InChI is InChI=1S/C23H25F3N4O3/c1-15-6-5-9-19(16(15)2)27-22(33)28-20(31)14-29-10-12-30(13-11-29)21(32)17-7-3-4-8-18(17)23(24,25)26/h3-9H,10-14H2,1-2H3,(H2,27,28,31,33). The lowest BCUT2D eigenvalue weighted by molar-refractivity contribution is -0.138. The predicted molar refractivity (Wildman–Crippen MR) is 117 cm³/mol. The number of carbonyl (C=O) groups excluding carboxylic acids is 3. The van der Waals surface area contributed by atoms with Gasteiger partial charge in [0.2, 0.25) is 5.91 Å². The minimum Gasteiger partial charge on any atom is -0.336 e. The summed E-state index contributed by atoms with van der Waals surface area (Å²) in [4.78, 5) is 40.1. The SMILES string of the molecule is Cc1cccc(NC(=O)NC(=O)CN2CCN(C(=O)c3ccccc3C(F)(F)F)CC2)c1C. The molecule has 10 heteroatoms. The maximum atomic E-state index is 13.2. The number of rotatable bonds is 4. The maximum absolute atomic E-state index is 13.2. The second kappa shape index (κ2) is 10.0. The Hall–Kier alpha value is -3.40. The van der Waals surface area contributed by atoms with Crippen LogP contribution in [0, 0.1) is 13.8 Å². The number of nitrogens with zero attached hydrogens (tertiary/aromatic N) is 2. The van der Waals surface area contributed by atoms with E-state index >= 15 is 0 Å². The highest BCUT2D eigenvalue weighted by Crippen LogP contribution is 2.32. The van der Waals surface area contributed by atoms with Crippen molar-refractivity contribution >= 4 is 23.5 Å². The monoisotopic (exact) mass is 462 g/mol. The zero-order chi connectivity index (χ0) is 24.2. The number of amides is 4. The molecule has 2 aromatic rings. The highest BCUT2D eigenvalue weighted by Gasteiger charge is 2.36. The molecule has 0 aromatic heterocycles. The van der Waals surface area contributed by atoms with Crippen LogP contribution in [0.1, 0.15) is 27.0 Å². The van der Waals surface area contributed by atoms with Crippen molar-refractivity contribution in [3.63, 3.8) is 0 Å². The number of hydrogen-bond donors (Lipinski definition) is 2. The average molecular weight is 462 g/mol.